The van der Waals surface area contributed by atoms with Crippen LogP contribution < -0.4 is 10.6 Å². The summed E-state index contributed by atoms with van der Waals surface area (Å²) in [5.41, 5.74) is 0. The van der Waals surface area contributed by atoms with Crippen molar-refractivity contribution >= 4 is 5.96 Å². The molecular formula is C24H40N4O2. The van der Waals surface area contributed by atoms with Crippen LogP contribution in [0.5, 0.6) is 0 Å². The molecule has 0 spiro atoms. The number of nitrogens with one attached hydrogen (secondary N) is 2. The van der Waals surface area contributed by atoms with Crippen molar-refractivity contribution in [3.63, 3.8) is 0 Å². The number of piperidine rings is 1. The summed E-state index contributed by atoms with van der Waals surface area (Å²) in [6, 6.07) is 5.32. The van der Waals surface area contributed by atoms with E-state index in [1.165, 1.54) is 70.9 Å². The first kappa shape index (κ1) is 21.7. The van der Waals surface area contributed by atoms with Gasteiger partial charge in [0.25, 0.3) is 0 Å². The van der Waals surface area contributed by atoms with E-state index < -0.39 is 0 Å². The fourth-order valence-corrected chi connectivity index (χ4v) is 5.10. The largest absolute Gasteiger partial charge is 0.469 e. The normalized spacial score (nSPS) is 25.3. The number of furan rings is 1. The number of rotatable bonds is 7. The van der Waals surface area contributed by atoms with Gasteiger partial charge >= 0.3 is 0 Å². The van der Waals surface area contributed by atoms with E-state index in [1.54, 1.807) is 6.26 Å². The van der Waals surface area contributed by atoms with Crippen molar-refractivity contribution in [1.82, 2.24) is 15.5 Å². The van der Waals surface area contributed by atoms with Gasteiger partial charge in [0.2, 0.25) is 0 Å². The van der Waals surface area contributed by atoms with Gasteiger partial charge in [0.15, 0.2) is 5.96 Å². The number of ether oxygens (including phenoxy) is 1. The number of aliphatic imine (C=N–C) groups is 1. The minimum absolute atomic E-state index is 0.274. The molecule has 6 heteroatoms. The maximum absolute atomic E-state index is 5.88. The van der Waals surface area contributed by atoms with Gasteiger partial charge in [-0.2, -0.15) is 0 Å². The fourth-order valence-electron chi connectivity index (χ4n) is 5.10. The van der Waals surface area contributed by atoms with Crippen molar-refractivity contribution in [3.8, 4) is 0 Å². The maximum atomic E-state index is 5.88. The van der Waals surface area contributed by atoms with Crippen LogP contribution in [0.25, 0.3) is 0 Å². The first-order valence-corrected chi connectivity index (χ1v) is 12.3. The average Bonchev–Trinajstić information content (AvgIpc) is 3.33. The first-order valence-electron chi connectivity index (χ1n) is 12.3. The first-order chi connectivity index (χ1) is 14.9. The summed E-state index contributed by atoms with van der Waals surface area (Å²) in [7, 11) is 0. The lowest BCUT2D eigenvalue weighted by atomic mass is 9.92. The summed E-state index contributed by atoms with van der Waals surface area (Å²) in [5, 5.41) is 7.25. The fraction of sp³-hybridized carbons (Fsp3) is 0.792. The average molecular weight is 417 g/mol. The van der Waals surface area contributed by atoms with Gasteiger partial charge in [-0.05, 0) is 57.1 Å². The predicted octanol–water partition coefficient (Wildman–Crippen LogP) is 3.72. The van der Waals surface area contributed by atoms with E-state index in [1.807, 2.05) is 12.1 Å². The van der Waals surface area contributed by atoms with Gasteiger partial charge in [0.1, 0.15) is 5.76 Å². The molecule has 0 amide bonds. The third-order valence-corrected chi connectivity index (χ3v) is 6.93. The number of hydrogen-bond donors (Lipinski definition) is 2. The van der Waals surface area contributed by atoms with Crippen molar-refractivity contribution < 1.29 is 9.15 Å². The maximum Gasteiger partial charge on any atom is 0.191 e. The van der Waals surface area contributed by atoms with Gasteiger partial charge in [-0.15, -0.1) is 0 Å². The summed E-state index contributed by atoms with van der Waals surface area (Å²) in [6.07, 6.45) is 15.9. The lowest BCUT2D eigenvalue weighted by Gasteiger charge is -2.39. The van der Waals surface area contributed by atoms with Crippen molar-refractivity contribution in [2.45, 2.75) is 88.8 Å². The molecule has 168 valence electrons. The van der Waals surface area contributed by atoms with Gasteiger partial charge in [-0.25, -0.2) is 0 Å². The van der Waals surface area contributed by atoms with Crippen LogP contribution in [0.1, 0.15) is 70.0 Å². The van der Waals surface area contributed by atoms with Crippen LogP contribution in [-0.4, -0.2) is 61.8 Å². The monoisotopic (exact) mass is 416 g/mol. The Morgan fingerprint density at radius 2 is 1.87 bits per heavy atom. The Morgan fingerprint density at radius 1 is 1.03 bits per heavy atom. The highest BCUT2D eigenvalue weighted by molar-refractivity contribution is 5.80. The van der Waals surface area contributed by atoms with Gasteiger partial charge in [0, 0.05) is 44.7 Å². The van der Waals surface area contributed by atoms with Crippen LogP contribution in [0.2, 0.25) is 0 Å². The van der Waals surface area contributed by atoms with E-state index in [4.69, 9.17) is 14.1 Å². The summed E-state index contributed by atoms with van der Waals surface area (Å²) >= 11 is 0. The molecule has 30 heavy (non-hydrogen) atoms. The van der Waals surface area contributed by atoms with Crippen LogP contribution in [0.3, 0.4) is 0 Å². The Labute approximate surface area is 181 Å². The minimum atomic E-state index is 0.274. The third kappa shape index (κ3) is 6.74. The highest BCUT2D eigenvalue weighted by atomic mass is 16.5. The molecule has 1 aliphatic carbocycles. The zero-order valence-electron chi connectivity index (χ0n) is 18.5. The lowest BCUT2D eigenvalue weighted by molar-refractivity contribution is 0.0224. The van der Waals surface area contributed by atoms with Crippen LogP contribution in [0.15, 0.2) is 27.8 Å². The van der Waals surface area contributed by atoms with E-state index in [0.717, 1.165) is 50.3 Å². The Bertz CT molecular complexity index is 613. The number of likely N-dealkylation sites (tertiary alicyclic amines) is 1. The van der Waals surface area contributed by atoms with Gasteiger partial charge in [0.05, 0.1) is 18.9 Å². The number of hydrogen-bond acceptors (Lipinski definition) is 4. The molecule has 0 aromatic carbocycles. The standard InChI is InChI=1S/C24H40N4O2/c1-2-7-21(8-3-1)28-15-12-20(13-16-28)27-24(25-14-11-22-10-6-18-29-22)26-19-23-9-4-5-17-30-23/h6,10,18,20-21,23H,1-5,7-9,11-17,19H2,(H2,25,26,27). The quantitative estimate of drug-likeness (QED) is 0.524. The van der Waals surface area contributed by atoms with Gasteiger partial charge in [-0.1, -0.05) is 19.3 Å². The molecule has 1 atom stereocenters. The lowest BCUT2D eigenvalue weighted by Crippen LogP contribution is -2.51. The molecule has 3 heterocycles. The molecule has 1 saturated carbocycles. The van der Waals surface area contributed by atoms with Gasteiger partial charge < -0.3 is 24.7 Å². The second-order valence-electron chi connectivity index (χ2n) is 9.18. The van der Waals surface area contributed by atoms with Crippen LogP contribution in [-0.2, 0) is 11.2 Å². The molecule has 2 N–H and O–H groups in total. The smallest absolute Gasteiger partial charge is 0.191 e. The van der Waals surface area contributed by atoms with Gasteiger partial charge in [-0.3, -0.25) is 4.99 Å². The summed E-state index contributed by atoms with van der Waals surface area (Å²) in [5.74, 6) is 1.95. The van der Waals surface area contributed by atoms with Crippen LogP contribution in [0.4, 0.5) is 0 Å². The highest BCUT2D eigenvalue weighted by Crippen LogP contribution is 2.25. The zero-order chi connectivity index (χ0) is 20.4. The minimum Gasteiger partial charge on any atom is -0.469 e. The van der Waals surface area contributed by atoms with E-state index in [2.05, 4.69) is 15.5 Å². The zero-order valence-corrected chi connectivity index (χ0v) is 18.5. The molecular weight excluding hydrogens is 376 g/mol. The molecule has 4 rings (SSSR count). The molecule has 3 fully saturated rings. The van der Waals surface area contributed by atoms with E-state index in [0.29, 0.717) is 6.04 Å². The second-order valence-corrected chi connectivity index (χ2v) is 9.18. The highest BCUT2D eigenvalue weighted by Gasteiger charge is 2.26. The number of guanidine groups is 1. The molecule has 2 aliphatic heterocycles. The molecule has 0 bridgehead atoms. The van der Waals surface area contributed by atoms with Crippen molar-refractivity contribution in [2.24, 2.45) is 4.99 Å². The molecule has 1 aromatic rings. The van der Waals surface area contributed by atoms with Crippen molar-refractivity contribution in [2.75, 3.05) is 32.8 Å². The topological polar surface area (TPSA) is 62.0 Å². The number of nitrogens with zero attached hydrogens (tertiary/aromatic N) is 2. The Morgan fingerprint density at radius 3 is 2.60 bits per heavy atom. The van der Waals surface area contributed by atoms with Crippen molar-refractivity contribution in [3.05, 3.63) is 24.2 Å². The molecule has 6 nitrogen and oxygen atoms in total. The Hall–Kier alpha value is -1.53. The summed E-state index contributed by atoms with van der Waals surface area (Å²) in [4.78, 5) is 7.64. The molecule has 3 aliphatic rings. The molecule has 2 saturated heterocycles. The second kappa shape index (κ2) is 11.8. The third-order valence-electron chi connectivity index (χ3n) is 6.93. The van der Waals surface area contributed by atoms with E-state index in [-0.39, 0.29) is 6.10 Å². The Kier molecular flexibility index (Phi) is 8.50. The summed E-state index contributed by atoms with van der Waals surface area (Å²) in [6.45, 7) is 4.89. The molecule has 1 aromatic heterocycles. The Balaban J connectivity index is 1.26. The summed E-state index contributed by atoms with van der Waals surface area (Å²) < 4.78 is 11.3. The van der Waals surface area contributed by atoms with Crippen LogP contribution >= 0.6 is 0 Å². The molecule has 1 unspecified atom stereocenters. The van der Waals surface area contributed by atoms with Crippen LogP contribution in [0, 0.1) is 0 Å². The van der Waals surface area contributed by atoms with E-state index in [9.17, 15) is 0 Å². The SMILES string of the molecule is c1coc(CCNC(=NCC2CCCCO2)NC2CCN(C3CCCCC3)CC2)c1. The van der Waals surface area contributed by atoms with Crippen molar-refractivity contribution in [1.29, 1.82) is 0 Å². The molecule has 0 radical (unpaired) electrons. The predicted molar refractivity (Wildman–Crippen MR) is 121 cm³/mol. The van der Waals surface area contributed by atoms with E-state index >= 15 is 0 Å².